The Kier molecular flexibility index (Phi) is 4.78. The zero-order valence-corrected chi connectivity index (χ0v) is 15.4. The van der Waals surface area contributed by atoms with Crippen molar-refractivity contribution in [2.24, 2.45) is 0 Å². The fraction of sp³-hybridized carbons (Fsp3) is 0.182. The van der Waals surface area contributed by atoms with Crippen molar-refractivity contribution in [3.63, 3.8) is 0 Å². The second-order valence-electron chi connectivity index (χ2n) is 6.56. The average molecular weight is 317 g/mol. The molecule has 0 fully saturated rings. The lowest BCUT2D eigenvalue weighted by Crippen LogP contribution is -2.44. The minimum absolute atomic E-state index is 1.17. The largest absolute Gasteiger partial charge is 0.107 e. The van der Waals surface area contributed by atoms with Crippen LogP contribution in [0.2, 0.25) is 0 Å². The topological polar surface area (TPSA) is 0 Å². The highest BCUT2D eigenvalue weighted by Crippen LogP contribution is 2.08. The van der Waals surface area contributed by atoms with Crippen LogP contribution in [0.15, 0.2) is 72.8 Å². The quantitative estimate of drug-likeness (QED) is 0.643. The van der Waals surface area contributed by atoms with Crippen LogP contribution in [-0.2, 0) is 6.04 Å². The zero-order valence-electron chi connectivity index (χ0n) is 14.2. The maximum absolute atomic E-state index is 2.33. The Morgan fingerprint density at radius 2 is 0.870 bits per heavy atom. The minimum Gasteiger partial charge on any atom is -0.0627 e. The third-order valence-electron chi connectivity index (χ3n) is 4.52. The molecular formula is C22H24Si. The van der Waals surface area contributed by atoms with Crippen LogP contribution in [0, 0.1) is 20.8 Å². The van der Waals surface area contributed by atoms with E-state index in [1.807, 2.05) is 0 Å². The Hall–Kier alpha value is -2.12. The highest BCUT2D eigenvalue weighted by atomic mass is 28.3. The molecule has 3 aromatic carbocycles. The first kappa shape index (κ1) is 15.8. The van der Waals surface area contributed by atoms with Gasteiger partial charge in [-0.1, -0.05) is 105 Å². The van der Waals surface area contributed by atoms with Crippen LogP contribution < -0.4 is 10.4 Å². The summed E-state index contributed by atoms with van der Waals surface area (Å²) in [6, 6.07) is 28.5. The maximum atomic E-state index is 2.33. The van der Waals surface area contributed by atoms with Crippen molar-refractivity contribution in [1.82, 2.24) is 0 Å². The average Bonchev–Trinajstić information content (AvgIpc) is 2.56. The van der Waals surface area contributed by atoms with Gasteiger partial charge < -0.3 is 0 Å². The Morgan fingerprint density at radius 1 is 0.522 bits per heavy atom. The molecule has 0 bridgehead atoms. The van der Waals surface area contributed by atoms with Gasteiger partial charge in [0.2, 0.25) is 0 Å². The number of hydrogen-bond donors (Lipinski definition) is 0. The highest BCUT2D eigenvalue weighted by molar-refractivity contribution is 6.84. The summed E-state index contributed by atoms with van der Waals surface area (Å²) < 4.78 is 0. The summed E-state index contributed by atoms with van der Waals surface area (Å²) >= 11 is 0. The molecule has 0 aliphatic rings. The molecule has 0 amide bonds. The van der Waals surface area contributed by atoms with Crippen LogP contribution >= 0.6 is 0 Å². The van der Waals surface area contributed by atoms with Gasteiger partial charge in [0, 0.05) is 0 Å². The van der Waals surface area contributed by atoms with E-state index in [1.54, 1.807) is 0 Å². The van der Waals surface area contributed by atoms with E-state index >= 15 is 0 Å². The number of benzene rings is 3. The van der Waals surface area contributed by atoms with Gasteiger partial charge in [0.15, 0.2) is 0 Å². The molecule has 0 nitrogen and oxygen atoms in total. The summed E-state index contributed by atoms with van der Waals surface area (Å²) in [5.74, 6) is 0. The van der Waals surface area contributed by atoms with E-state index in [1.165, 1.54) is 38.7 Å². The van der Waals surface area contributed by atoms with E-state index in [0.717, 1.165) is 0 Å². The Morgan fingerprint density at radius 3 is 1.26 bits per heavy atom. The number of hydrogen-bond acceptors (Lipinski definition) is 0. The standard InChI is InChI=1S/C22H24Si/c1-17-4-10-20(11-5-17)16-23(21-12-6-18(2)7-13-21)22-14-8-19(3)9-15-22/h4-15,23H,16H2,1-3H3. The van der Waals surface area contributed by atoms with Crippen LogP contribution in [0.25, 0.3) is 0 Å². The van der Waals surface area contributed by atoms with Crippen molar-refractivity contribution in [2.45, 2.75) is 26.8 Å². The first-order valence-corrected chi connectivity index (χ1v) is 10.3. The van der Waals surface area contributed by atoms with Gasteiger partial charge in [0.05, 0.1) is 0 Å². The third kappa shape index (κ3) is 3.99. The molecule has 0 heterocycles. The lowest BCUT2D eigenvalue weighted by Gasteiger charge is -2.17. The van der Waals surface area contributed by atoms with E-state index < -0.39 is 8.80 Å². The first-order chi connectivity index (χ1) is 11.1. The normalized spacial score (nSPS) is 11.0. The van der Waals surface area contributed by atoms with E-state index in [-0.39, 0.29) is 0 Å². The Bertz CT molecular complexity index is 707. The summed E-state index contributed by atoms with van der Waals surface area (Å²) in [6.07, 6.45) is 0. The molecule has 3 rings (SSSR count). The summed E-state index contributed by atoms with van der Waals surface area (Å²) in [4.78, 5) is 0. The van der Waals surface area contributed by atoms with Crippen molar-refractivity contribution < 1.29 is 0 Å². The van der Waals surface area contributed by atoms with Crippen molar-refractivity contribution in [3.05, 3.63) is 95.1 Å². The van der Waals surface area contributed by atoms with Gasteiger partial charge >= 0.3 is 0 Å². The first-order valence-electron chi connectivity index (χ1n) is 8.30. The predicted molar refractivity (Wildman–Crippen MR) is 104 cm³/mol. The molecule has 116 valence electrons. The van der Waals surface area contributed by atoms with E-state index in [4.69, 9.17) is 0 Å². The molecule has 1 heteroatoms. The van der Waals surface area contributed by atoms with Gasteiger partial charge in [-0.05, 0) is 26.8 Å². The van der Waals surface area contributed by atoms with Gasteiger partial charge in [-0.25, -0.2) is 0 Å². The molecule has 0 aliphatic carbocycles. The number of rotatable bonds is 4. The van der Waals surface area contributed by atoms with Crippen molar-refractivity contribution >= 4 is 19.2 Å². The van der Waals surface area contributed by atoms with Crippen LogP contribution in [-0.4, -0.2) is 8.80 Å². The summed E-state index contributed by atoms with van der Waals surface area (Å²) in [5.41, 5.74) is 5.45. The summed E-state index contributed by atoms with van der Waals surface area (Å²) in [6.45, 7) is 6.47. The van der Waals surface area contributed by atoms with Crippen LogP contribution in [0.3, 0.4) is 0 Å². The summed E-state index contributed by atoms with van der Waals surface area (Å²) in [7, 11) is -1.23. The van der Waals surface area contributed by atoms with E-state index in [0.29, 0.717) is 0 Å². The predicted octanol–water partition coefficient (Wildman–Crippen LogP) is 3.74. The molecule has 0 saturated carbocycles. The minimum atomic E-state index is -1.23. The molecule has 0 N–H and O–H groups in total. The van der Waals surface area contributed by atoms with E-state index in [9.17, 15) is 0 Å². The SMILES string of the molecule is Cc1ccc(C[SiH](c2ccc(C)cc2)c2ccc(C)cc2)cc1. The molecule has 0 saturated heterocycles. The highest BCUT2D eigenvalue weighted by Gasteiger charge is 2.17. The van der Waals surface area contributed by atoms with Gasteiger partial charge in [-0.3, -0.25) is 0 Å². The van der Waals surface area contributed by atoms with Gasteiger partial charge in [-0.2, -0.15) is 0 Å². The van der Waals surface area contributed by atoms with Gasteiger partial charge in [-0.15, -0.1) is 0 Å². The Labute approximate surface area is 141 Å². The fourth-order valence-corrected chi connectivity index (χ4v) is 5.90. The van der Waals surface area contributed by atoms with Crippen LogP contribution in [0.1, 0.15) is 22.3 Å². The lowest BCUT2D eigenvalue weighted by molar-refractivity contribution is 1.33. The maximum Gasteiger partial charge on any atom is 0.107 e. The monoisotopic (exact) mass is 316 g/mol. The number of aryl methyl sites for hydroxylation is 3. The molecule has 23 heavy (non-hydrogen) atoms. The molecule has 0 atom stereocenters. The summed E-state index contributed by atoms with van der Waals surface area (Å²) in [5, 5.41) is 3.06. The molecule has 0 radical (unpaired) electrons. The molecule has 0 aliphatic heterocycles. The van der Waals surface area contributed by atoms with Gasteiger partial charge in [0.1, 0.15) is 8.80 Å². The molecule has 3 aromatic rings. The van der Waals surface area contributed by atoms with Crippen molar-refractivity contribution in [1.29, 1.82) is 0 Å². The molecular weight excluding hydrogens is 292 g/mol. The van der Waals surface area contributed by atoms with Crippen LogP contribution in [0.4, 0.5) is 0 Å². The molecule has 0 spiro atoms. The molecule has 0 aromatic heterocycles. The third-order valence-corrected chi connectivity index (χ3v) is 7.78. The second kappa shape index (κ2) is 6.97. The molecule has 0 unspecified atom stereocenters. The Balaban J connectivity index is 1.97. The van der Waals surface area contributed by atoms with Crippen LogP contribution in [0.5, 0.6) is 0 Å². The fourth-order valence-electron chi connectivity index (χ4n) is 2.99. The van der Waals surface area contributed by atoms with E-state index in [2.05, 4.69) is 93.6 Å². The smallest absolute Gasteiger partial charge is 0.0627 e. The van der Waals surface area contributed by atoms with Crippen molar-refractivity contribution in [2.75, 3.05) is 0 Å². The van der Waals surface area contributed by atoms with Gasteiger partial charge in [0.25, 0.3) is 0 Å². The lowest BCUT2D eigenvalue weighted by atomic mass is 10.2. The second-order valence-corrected chi connectivity index (χ2v) is 9.41. The van der Waals surface area contributed by atoms with Crippen molar-refractivity contribution in [3.8, 4) is 0 Å². The zero-order chi connectivity index (χ0) is 16.2.